The summed E-state index contributed by atoms with van der Waals surface area (Å²) in [5, 5.41) is 0. The number of nitrogens with one attached hydrogen (secondary N) is 1. The Morgan fingerprint density at radius 2 is 1.81 bits per heavy atom. The van der Waals surface area contributed by atoms with Gasteiger partial charge in [-0.15, -0.1) is 0 Å². The number of anilines is 2. The number of sulfonamides is 1. The van der Waals surface area contributed by atoms with Crippen LogP contribution in [0.5, 0.6) is 0 Å². The molecule has 0 saturated carbocycles. The lowest BCUT2D eigenvalue weighted by molar-refractivity contribution is 0.600. The fourth-order valence-electron chi connectivity index (χ4n) is 2.04. The van der Waals surface area contributed by atoms with Crippen LogP contribution in [0.2, 0.25) is 0 Å². The largest absolute Gasteiger partial charge is 0.398 e. The van der Waals surface area contributed by atoms with Gasteiger partial charge in [-0.1, -0.05) is 15.9 Å². The first-order valence-electron chi connectivity index (χ1n) is 6.23. The van der Waals surface area contributed by atoms with Crippen LogP contribution in [0, 0.1) is 20.8 Å². The summed E-state index contributed by atoms with van der Waals surface area (Å²) < 4.78 is 28.2. The summed E-state index contributed by atoms with van der Waals surface area (Å²) in [4.78, 5) is 4.32. The molecule has 0 aliphatic rings. The van der Waals surface area contributed by atoms with Crippen LogP contribution in [0.15, 0.2) is 33.6 Å². The minimum atomic E-state index is -3.75. The number of nitrogens with two attached hydrogens (primary N) is 1. The van der Waals surface area contributed by atoms with Crippen molar-refractivity contribution < 1.29 is 8.42 Å². The van der Waals surface area contributed by atoms with Crippen molar-refractivity contribution in [3.8, 4) is 0 Å². The number of aryl methyl sites for hydroxylation is 2. The molecule has 0 fully saturated rings. The Kier molecular flexibility index (Phi) is 4.25. The van der Waals surface area contributed by atoms with E-state index < -0.39 is 10.0 Å². The summed E-state index contributed by atoms with van der Waals surface area (Å²) in [6.45, 7) is 5.37. The van der Waals surface area contributed by atoms with Crippen LogP contribution in [0.25, 0.3) is 0 Å². The Hall–Kier alpha value is -1.60. The standard InChI is InChI=1S/C14H16BrN3O2S/c1-8-4-9(2)17-14(5-8)18-21(19,20)13-7-11(15)6-12(16)10(13)3/h4-7H,16H2,1-3H3,(H,17,18). The number of nitrogens with zero attached hydrogens (tertiary/aromatic N) is 1. The van der Waals surface area contributed by atoms with Crippen LogP contribution < -0.4 is 10.5 Å². The summed E-state index contributed by atoms with van der Waals surface area (Å²) in [6.07, 6.45) is 0. The maximum Gasteiger partial charge on any atom is 0.263 e. The lowest BCUT2D eigenvalue weighted by Gasteiger charge is -2.12. The van der Waals surface area contributed by atoms with Crippen LogP contribution in [0.4, 0.5) is 11.5 Å². The van der Waals surface area contributed by atoms with E-state index in [4.69, 9.17) is 5.73 Å². The van der Waals surface area contributed by atoms with E-state index in [-0.39, 0.29) is 4.90 Å². The molecule has 2 aromatic rings. The highest BCUT2D eigenvalue weighted by atomic mass is 79.9. The molecule has 7 heteroatoms. The molecular weight excluding hydrogens is 354 g/mol. The summed E-state index contributed by atoms with van der Waals surface area (Å²) in [6, 6.07) is 6.75. The molecule has 2 rings (SSSR count). The van der Waals surface area contributed by atoms with Gasteiger partial charge in [-0.3, -0.25) is 4.72 Å². The number of halogens is 1. The Bertz CT molecular complexity index is 784. The minimum Gasteiger partial charge on any atom is -0.398 e. The first-order valence-corrected chi connectivity index (χ1v) is 8.50. The van der Waals surface area contributed by atoms with Gasteiger partial charge >= 0.3 is 0 Å². The Balaban J connectivity index is 2.48. The van der Waals surface area contributed by atoms with Gasteiger partial charge < -0.3 is 5.73 Å². The molecule has 1 heterocycles. The molecule has 112 valence electrons. The van der Waals surface area contributed by atoms with Gasteiger partial charge in [0.1, 0.15) is 5.82 Å². The first kappa shape index (κ1) is 15.8. The third-order valence-electron chi connectivity index (χ3n) is 2.99. The van der Waals surface area contributed by atoms with Crippen LogP contribution in [-0.2, 0) is 10.0 Å². The van der Waals surface area contributed by atoms with E-state index in [1.165, 1.54) is 6.07 Å². The van der Waals surface area contributed by atoms with Crippen molar-refractivity contribution in [3.63, 3.8) is 0 Å². The SMILES string of the molecule is Cc1cc(C)nc(NS(=O)(=O)c2cc(Br)cc(N)c2C)c1. The molecule has 1 aromatic carbocycles. The molecule has 0 aliphatic heterocycles. The summed E-state index contributed by atoms with van der Waals surface area (Å²) in [5.74, 6) is 0.297. The fourth-order valence-corrected chi connectivity index (χ4v) is 3.96. The van der Waals surface area contributed by atoms with Gasteiger partial charge in [0, 0.05) is 15.9 Å². The number of aromatic nitrogens is 1. The van der Waals surface area contributed by atoms with Gasteiger partial charge in [0.05, 0.1) is 4.90 Å². The molecular formula is C14H16BrN3O2S. The molecule has 0 spiro atoms. The zero-order valence-electron chi connectivity index (χ0n) is 11.9. The lowest BCUT2D eigenvalue weighted by Crippen LogP contribution is -2.16. The van der Waals surface area contributed by atoms with Crippen molar-refractivity contribution in [2.24, 2.45) is 0 Å². The highest BCUT2D eigenvalue weighted by molar-refractivity contribution is 9.10. The van der Waals surface area contributed by atoms with E-state index in [0.717, 1.165) is 11.3 Å². The van der Waals surface area contributed by atoms with Gasteiger partial charge in [0.25, 0.3) is 10.0 Å². The van der Waals surface area contributed by atoms with E-state index >= 15 is 0 Å². The molecule has 0 amide bonds. The van der Waals surface area contributed by atoms with E-state index in [0.29, 0.717) is 21.5 Å². The average molecular weight is 370 g/mol. The number of pyridine rings is 1. The third kappa shape index (κ3) is 3.54. The second-order valence-corrected chi connectivity index (χ2v) is 7.46. The Morgan fingerprint density at radius 1 is 1.14 bits per heavy atom. The van der Waals surface area contributed by atoms with Crippen molar-refractivity contribution in [2.75, 3.05) is 10.5 Å². The summed E-state index contributed by atoms with van der Waals surface area (Å²) >= 11 is 3.26. The van der Waals surface area contributed by atoms with Crippen molar-refractivity contribution in [2.45, 2.75) is 25.7 Å². The topological polar surface area (TPSA) is 85.1 Å². The monoisotopic (exact) mass is 369 g/mol. The maximum absolute atomic E-state index is 12.5. The summed E-state index contributed by atoms with van der Waals surface area (Å²) in [5.41, 5.74) is 8.43. The van der Waals surface area contributed by atoms with Gasteiger partial charge in [-0.25, -0.2) is 13.4 Å². The minimum absolute atomic E-state index is 0.135. The van der Waals surface area contributed by atoms with Gasteiger partial charge in [0.15, 0.2) is 0 Å². The number of rotatable bonds is 3. The van der Waals surface area contributed by atoms with Gasteiger partial charge in [0.2, 0.25) is 0 Å². The van der Waals surface area contributed by atoms with Gasteiger partial charge in [-0.2, -0.15) is 0 Å². The lowest BCUT2D eigenvalue weighted by atomic mass is 10.2. The third-order valence-corrected chi connectivity index (χ3v) is 4.93. The highest BCUT2D eigenvalue weighted by Gasteiger charge is 2.20. The smallest absolute Gasteiger partial charge is 0.263 e. The quantitative estimate of drug-likeness (QED) is 0.813. The average Bonchev–Trinajstić information content (AvgIpc) is 2.31. The molecule has 0 aliphatic carbocycles. The molecule has 0 unspecified atom stereocenters. The number of benzene rings is 1. The molecule has 21 heavy (non-hydrogen) atoms. The second-order valence-electron chi connectivity index (χ2n) is 4.89. The number of hydrogen-bond donors (Lipinski definition) is 2. The Labute approximate surface area is 132 Å². The zero-order chi connectivity index (χ0) is 15.8. The zero-order valence-corrected chi connectivity index (χ0v) is 14.3. The fraction of sp³-hybridized carbons (Fsp3) is 0.214. The molecule has 1 aromatic heterocycles. The Morgan fingerprint density at radius 3 is 2.43 bits per heavy atom. The normalized spacial score (nSPS) is 11.4. The number of nitrogen functional groups attached to an aromatic ring is 1. The van der Waals surface area contributed by atoms with E-state index in [2.05, 4.69) is 25.6 Å². The van der Waals surface area contributed by atoms with Crippen molar-refractivity contribution in [1.82, 2.24) is 4.98 Å². The molecule has 0 radical (unpaired) electrons. The van der Waals surface area contributed by atoms with E-state index in [1.807, 2.05) is 19.9 Å². The van der Waals surface area contributed by atoms with Crippen LogP contribution in [-0.4, -0.2) is 13.4 Å². The summed E-state index contributed by atoms with van der Waals surface area (Å²) in [7, 11) is -3.75. The van der Waals surface area contributed by atoms with Crippen molar-refractivity contribution in [1.29, 1.82) is 0 Å². The molecule has 0 bridgehead atoms. The van der Waals surface area contributed by atoms with Crippen LogP contribution in [0.3, 0.4) is 0 Å². The first-order chi connectivity index (χ1) is 9.69. The predicted octanol–water partition coefficient (Wildman–Crippen LogP) is 3.15. The van der Waals surface area contributed by atoms with Crippen molar-refractivity contribution >= 4 is 37.5 Å². The molecule has 5 nitrogen and oxygen atoms in total. The molecule has 3 N–H and O–H groups in total. The maximum atomic E-state index is 12.5. The number of hydrogen-bond acceptors (Lipinski definition) is 4. The molecule has 0 saturated heterocycles. The van der Waals surface area contributed by atoms with Gasteiger partial charge in [-0.05, 0) is 56.2 Å². The van der Waals surface area contributed by atoms with E-state index in [1.54, 1.807) is 19.1 Å². The van der Waals surface area contributed by atoms with E-state index in [9.17, 15) is 8.42 Å². The predicted molar refractivity (Wildman–Crippen MR) is 87.8 cm³/mol. The van der Waals surface area contributed by atoms with Crippen LogP contribution in [0.1, 0.15) is 16.8 Å². The highest BCUT2D eigenvalue weighted by Crippen LogP contribution is 2.27. The van der Waals surface area contributed by atoms with Crippen molar-refractivity contribution in [3.05, 3.63) is 45.6 Å². The van der Waals surface area contributed by atoms with Crippen LogP contribution >= 0.6 is 15.9 Å². The molecule has 0 atom stereocenters. The second kappa shape index (κ2) is 5.65.